The molecule has 0 spiro atoms. The van der Waals surface area contributed by atoms with Gasteiger partial charge in [-0.15, -0.1) is 0 Å². The third kappa shape index (κ3) is 2.99. The highest BCUT2D eigenvalue weighted by atomic mass is 19.1. The number of aromatic amines is 1. The summed E-state index contributed by atoms with van der Waals surface area (Å²) in [7, 11) is 0. The molecule has 0 aliphatic carbocycles. The second-order valence-electron chi connectivity index (χ2n) is 6.49. The van der Waals surface area contributed by atoms with Gasteiger partial charge in [0.1, 0.15) is 5.82 Å². The van der Waals surface area contributed by atoms with Gasteiger partial charge in [0, 0.05) is 23.5 Å². The molecule has 26 heavy (non-hydrogen) atoms. The second-order valence-corrected chi connectivity index (χ2v) is 6.49. The third-order valence-corrected chi connectivity index (χ3v) is 4.79. The smallest absolute Gasteiger partial charge is 0.292 e. The minimum absolute atomic E-state index is 0.142. The Kier molecular flexibility index (Phi) is 4.26. The summed E-state index contributed by atoms with van der Waals surface area (Å²) in [5, 5.41) is 3.08. The molecule has 4 rings (SSSR count). The number of nitrogens with zero attached hydrogens (tertiary/aromatic N) is 1. The number of imide groups is 1. The van der Waals surface area contributed by atoms with Crippen molar-refractivity contribution >= 4 is 28.4 Å². The SMILES string of the molecule is O=C1C[C@H]([NH2+]CCc2c[nH]c3ccccc23)C(=O)N1c1cccc(F)c1. The van der Waals surface area contributed by atoms with E-state index in [4.69, 9.17) is 0 Å². The van der Waals surface area contributed by atoms with Crippen LogP contribution in [0.4, 0.5) is 10.1 Å². The molecule has 1 atom stereocenters. The average molecular weight is 352 g/mol. The fourth-order valence-electron chi connectivity index (χ4n) is 3.50. The first-order valence-corrected chi connectivity index (χ1v) is 8.64. The first-order chi connectivity index (χ1) is 12.6. The number of carbonyl (C=O) groups excluding carboxylic acids is 2. The van der Waals surface area contributed by atoms with Crippen molar-refractivity contribution in [3.8, 4) is 0 Å². The van der Waals surface area contributed by atoms with Crippen molar-refractivity contribution in [2.45, 2.75) is 18.9 Å². The lowest BCUT2D eigenvalue weighted by molar-refractivity contribution is -0.674. The largest absolute Gasteiger partial charge is 0.361 e. The number of anilines is 1. The van der Waals surface area contributed by atoms with Crippen LogP contribution in [0.25, 0.3) is 10.9 Å². The minimum atomic E-state index is -0.463. The van der Waals surface area contributed by atoms with Crippen LogP contribution < -0.4 is 10.2 Å². The summed E-state index contributed by atoms with van der Waals surface area (Å²) >= 11 is 0. The predicted octanol–water partition coefficient (Wildman–Crippen LogP) is 1.75. The minimum Gasteiger partial charge on any atom is -0.361 e. The Hall–Kier alpha value is -2.99. The van der Waals surface area contributed by atoms with Crippen molar-refractivity contribution in [3.05, 3.63) is 66.1 Å². The molecule has 3 N–H and O–H groups in total. The summed E-state index contributed by atoms with van der Waals surface area (Å²) < 4.78 is 13.4. The Balaban J connectivity index is 1.41. The van der Waals surface area contributed by atoms with Gasteiger partial charge in [0.15, 0.2) is 6.04 Å². The Bertz CT molecular complexity index is 982. The van der Waals surface area contributed by atoms with E-state index >= 15 is 0 Å². The molecule has 1 aliphatic rings. The zero-order valence-corrected chi connectivity index (χ0v) is 14.1. The second kappa shape index (κ2) is 6.72. The lowest BCUT2D eigenvalue weighted by atomic mass is 10.1. The zero-order chi connectivity index (χ0) is 18.1. The van der Waals surface area contributed by atoms with Gasteiger partial charge in [-0.3, -0.25) is 9.59 Å². The van der Waals surface area contributed by atoms with Crippen LogP contribution in [0.5, 0.6) is 0 Å². The zero-order valence-electron chi connectivity index (χ0n) is 14.1. The molecule has 0 unspecified atom stereocenters. The number of amides is 2. The lowest BCUT2D eigenvalue weighted by Gasteiger charge is -2.14. The molecule has 2 amide bonds. The van der Waals surface area contributed by atoms with Crippen LogP contribution in [0.2, 0.25) is 0 Å². The molecular formula is C20H19FN3O2+. The first kappa shape index (κ1) is 16.5. The number of quaternary nitrogens is 1. The van der Waals surface area contributed by atoms with E-state index in [1.807, 2.05) is 29.7 Å². The number of fused-ring (bicyclic) bond motifs is 1. The molecule has 1 saturated heterocycles. The van der Waals surface area contributed by atoms with Crippen LogP contribution in [0.3, 0.4) is 0 Å². The Morgan fingerprint density at radius 1 is 1.15 bits per heavy atom. The van der Waals surface area contributed by atoms with E-state index in [0.717, 1.165) is 16.8 Å². The molecular weight excluding hydrogens is 333 g/mol. The summed E-state index contributed by atoms with van der Waals surface area (Å²) in [4.78, 5) is 29.1. The summed E-state index contributed by atoms with van der Waals surface area (Å²) in [6.07, 6.45) is 2.92. The number of hydrogen-bond donors (Lipinski definition) is 2. The molecule has 5 nitrogen and oxygen atoms in total. The number of benzene rings is 2. The topological polar surface area (TPSA) is 69.8 Å². The quantitative estimate of drug-likeness (QED) is 0.687. The molecule has 6 heteroatoms. The van der Waals surface area contributed by atoms with Crippen molar-refractivity contribution in [2.24, 2.45) is 0 Å². The van der Waals surface area contributed by atoms with Gasteiger partial charge in [-0.25, -0.2) is 9.29 Å². The molecule has 1 fully saturated rings. The van der Waals surface area contributed by atoms with E-state index in [1.54, 1.807) is 6.07 Å². The third-order valence-electron chi connectivity index (χ3n) is 4.79. The van der Waals surface area contributed by atoms with Gasteiger partial charge in [0.2, 0.25) is 5.91 Å². The van der Waals surface area contributed by atoms with E-state index in [9.17, 15) is 14.0 Å². The van der Waals surface area contributed by atoms with Gasteiger partial charge < -0.3 is 10.3 Å². The van der Waals surface area contributed by atoms with E-state index in [2.05, 4.69) is 11.1 Å². The van der Waals surface area contributed by atoms with E-state index in [-0.39, 0.29) is 18.2 Å². The molecule has 0 bridgehead atoms. The number of nitrogens with two attached hydrogens (primary N) is 1. The number of halogens is 1. The van der Waals surface area contributed by atoms with Crippen LogP contribution in [0.15, 0.2) is 54.7 Å². The van der Waals surface area contributed by atoms with Crippen LogP contribution in [0.1, 0.15) is 12.0 Å². The lowest BCUT2D eigenvalue weighted by Crippen LogP contribution is -2.92. The number of carbonyl (C=O) groups is 2. The van der Waals surface area contributed by atoms with Crippen molar-refractivity contribution < 1.29 is 19.3 Å². The van der Waals surface area contributed by atoms with E-state index in [1.165, 1.54) is 29.1 Å². The fraction of sp³-hybridized carbons (Fsp3) is 0.200. The Morgan fingerprint density at radius 3 is 2.85 bits per heavy atom. The van der Waals surface area contributed by atoms with Crippen LogP contribution in [-0.2, 0) is 16.0 Å². The number of aromatic nitrogens is 1. The van der Waals surface area contributed by atoms with Crippen molar-refractivity contribution in [1.82, 2.24) is 4.98 Å². The maximum absolute atomic E-state index is 13.4. The van der Waals surface area contributed by atoms with Crippen LogP contribution in [0, 0.1) is 5.82 Å². The number of nitrogens with one attached hydrogen (secondary N) is 1. The molecule has 1 aliphatic heterocycles. The highest BCUT2D eigenvalue weighted by molar-refractivity contribution is 6.21. The highest BCUT2D eigenvalue weighted by Crippen LogP contribution is 2.22. The molecule has 2 heterocycles. The Morgan fingerprint density at radius 2 is 2.00 bits per heavy atom. The number of H-pyrrole nitrogens is 1. The van der Waals surface area contributed by atoms with Gasteiger partial charge in [0.25, 0.3) is 5.91 Å². The predicted molar refractivity (Wildman–Crippen MR) is 96.1 cm³/mol. The van der Waals surface area contributed by atoms with E-state index in [0.29, 0.717) is 12.2 Å². The molecule has 3 aromatic rings. The maximum atomic E-state index is 13.4. The fourth-order valence-corrected chi connectivity index (χ4v) is 3.50. The number of hydrogen-bond acceptors (Lipinski definition) is 2. The van der Waals surface area contributed by atoms with Crippen molar-refractivity contribution in [2.75, 3.05) is 11.4 Å². The van der Waals surface area contributed by atoms with Gasteiger partial charge >= 0.3 is 0 Å². The first-order valence-electron chi connectivity index (χ1n) is 8.64. The summed E-state index contributed by atoms with van der Waals surface area (Å²) in [5.41, 5.74) is 2.58. The molecule has 0 saturated carbocycles. The van der Waals surface area contributed by atoms with Crippen LogP contribution >= 0.6 is 0 Å². The monoisotopic (exact) mass is 352 g/mol. The summed E-state index contributed by atoms with van der Waals surface area (Å²) in [6, 6.07) is 13.2. The number of para-hydroxylation sites is 1. The Labute approximate surface area is 149 Å². The van der Waals surface area contributed by atoms with E-state index < -0.39 is 11.9 Å². The molecule has 1 aromatic heterocycles. The standard InChI is InChI=1S/C20H18FN3O2/c21-14-4-3-5-15(10-14)24-19(25)11-18(20(24)26)22-9-8-13-12-23-17-7-2-1-6-16(13)17/h1-7,10,12,18,22-23H,8-9,11H2/p+1/t18-/m0/s1. The number of rotatable bonds is 5. The van der Waals surface area contributed by atoms with Crippen molar-refractivity contribution in [3.63, 3.8) is 0 Å². The molecule has 0 radical (unpaired) electrons. The summed E-state index contributed by atoms with van der Waals surface area (Å²) in [6.45, 7) is 0.697. The highest BCUT2D eigenvalue weighted by Gasteiger charge is 2.42. The van der Waals surface area contributed by atoms with Gasteiger partial charge in [-0.1, -0.05) is 24.3 Å². The van der Waals surface area contributed by atoms with Gasteiger partial charge in [-0.05, 0) is 29.8 Å². The van der Waals surface area contributed by atoms with Crippen LogP contribution in [-0.4, -0.2) is 29.4 Å². The van der Waals surface area contributed by atoms with Gasteiger partial charge in [-0.2, -0.15) is 0 Å². The maximum Gasteiger partial charge on any atom is 0.292 e. The van der Waals surface area contributed by atoms with Gasteiger partial charge in [0.05, 0.1) is 18.7 Å². The normalized spacial score (nSPS) is 17.4. The summed E-state index contributed by atoms with van der Waals surface area (Å²) in [5.74, 6) is -1.02. The van der Waals surface area contributed by atoms with Crippen molar-refractivity contribution in [1.29, 1.82) is 0 Å². The average Bonchev–Trinajstić information content (AvgIpc) is 3.16. The molecule has 132 valence electrons. The molecule has 2 aromatic carbocycles.